The van der Waals surface area contributed by atoms with Crippen LogP contribution in [0.4, 0.5) is 8.78 Å². The Balaban J connectivity index is 2.04. The minimum atomic E-state index is -2.51. The molecule has 0 radical (unpaired) electrons. The third-order valence-electron chi connectivity index (χ3n) is 3.85. The summed E-state index contributed by atoms with van der Waals surface area (Å²) in [5, 5.41) is 9.07. The topological polar surface area (TPSA) is 61.3 Å². The van der Waals surface area contributed by atoms with Crippen LogP contribution in [0.1, 0.15) is 29.8 Å². The molecule has 1 aromatic heterocycles. The maximum atomic E-state index is 12.4. The van der Waals surface area contributed by atoms with E-state index in [9.17, 15) is 8.78 Å². The summed E-state index contributed by atoms with van der Waals surface area (Å²) in [6.45, 7) is 1.91. The first kappa shape index (κ1) is 20.5. The van der Waals surface area contributed by atoms with E-state index in [2.05, 4.69) is 27.0 Å². The maximum Gasteiger partial charge on any atom is 0.272 e. The number of nitrogens with zero attached hydrogens (tertiary/aromatic N) is 2. The monoisotopic (exact) mass is 429 g/mol. The van der Waals surface area contributed by atoms with Crippen LogP contribution in [0.15, 0.2) is 23.6 Å². The largest absolute Gasteiger partial charge is 0.491 e. The molecule has 26 heavy (non-hydrogen) atoms. The fourth-order valence-electron chi connectivity index (χ4n) is 2.71. The van der Waals surface area contributed by atoms with Crippen LogP contribution in [0, 0.1) is 11.3 Å². The number of H-pyrrole nitrogens is 1. The molecule has 0 amide bonds. The lowest BCUT2D eigenvalue weighted by Crippen LogP contribution is -2.20. The van der Waals surface area contributed by atoms with Gasteiger partial charge >= 0.3 is 0 Å². The van der Waals surface area contributed by atoms with Crippen LogP contribution in [0.25, 0.3) is 6.08 Å². The molecule has 1 heterocycles. The molecular formula is C18H22BrF2N3O2. The van der Waals surface area contributed by atoms with Gasteiger partial charge in [-0.05, 0) is 17.7 Å². The van der Waals surface area contributed by atoms with Crippen molar-refractivity contribution in [3.05, 3.63) is 40.5 Å². The van der Waals surface area contributed by atoms with Gasteiger partial charge in [-0.2, -0.15) is 5.26 Å². The Hall–Kier alpha value is -1.85. The average molecular weight is 430 g/mol. The van der Waals surface area contributed by atoms with Crippen molar-refractivity contribution in [1.29, 1.82) is 5.26 Å². The third kappa shape index (κ3) is 5.32. The van der Waals surface area contributed by atoms with Gasteiger partial charge in [0.05, 0.1) is 29.7 Å². The molecule has 0 saturated heterocycles. The van der Waals surface area contributed by atoms with Gasteiger partial charge in [-0.1, -0.05) is 22.9 Å². The molecule has 1 aliphatic carbocycles. The van der Waals surface area contributed by atoms with E-state index >= 15 is 0 Å². The molecule has 8 heteroatoms. The SMILES string of the molecule is CC1c2[nH]c(COC/C(C#N)=C/N(C)C)cc2C=C(OCC(F)F)C1Br. The standard InChI is InChI=1S/C18H22BrF2N3O2/c1-11-17(19)15(26-10-16(20)21)5-13-4-14(23-18(11)13)9-25-8-12(6-22)7-24(2)3/h4-5,7,11,16-17,23H,8-10H2,1-3H3/b12-7+. The molecule has 2 unspecified atom stereocenters. The van der Waals surface area contributed by atoms with Gasteiger partial charge < -0.3 is 19.4 Å². The summed E-state index contributed by atoms with van der Waals surface area (Å²) in [6.07, 6.45) is 0.975. The number of hydrogen-bond acceptors (Lipinski definition) is 4. The molecule has 1 aromatic rings. The number of ether oxygens (including phenoxy) is 2. The second-order valence-corrected chi connectivity index (χ2v) is 7.31. The van der Waals surface area contributed by atoms with Gasteiger partial charge in [-0.15, -0.1) is 0 Å². The predicted octanol–water partition coefficient (Wildman–Crippen LogP) is 4.00. The highest BCUT2D eigenvalue weighted by molar-refractivity contribution is 9.09. The number of nitrogens with one attached hydrogen (secondary N) is 1. The fraction of sp³-hybridized carbons (Fsp3) is 0.500. The lowest BCUT2D eigenvalue weighted by molar-refractivity contribution is 0.0471. The quantitative estimate of drug-likeness (QED) is 0.500. The van der Waals surface area contributed by atoms with Crippen LogP contribution < -0.4 is 0 Å². The molecule has 1 N–H and O–H groups in total. The van der Waals surface area contributed by atoms with E-state index in [4.69, 9.17) is 14.7 Å². The number of aromatic amines is 1. The molecule has 0 fully saturated rings. The Morgan fingerprint density at radius 2 is 2.23 bits per heavy atom. The molecule has 1 aliphatic rings. The van der Waals surface area contributed by atoms with Crippen molar-refractivity contribution in [3.8, 4) is 6.07 Å². The van der Waals surface area contributed by atoms with Crippen molar-refractivity contribution in [2.24, 2.45) is 0 Å². The first-order valence-electron chi connectivity index (χ1n) is 8.15. The molecule has 0 aromatic carbocycles. The van der Waals surface area contributed by atoms with E-state index in [1.165, 1.54) is 0 Å². The zero-order valence-electron chi connectivity index (χ0n) is 14.9. The van der Waals surface area contributed by atoms with E-state index in [1.807, 2.05) is 27.1 Å². The number of aromatic nitrogens is 1. The van der Waals surface area contributed by atoms with Crippen molar-refractivity contribution in [2.75, 3.05) is 27.3 Å². The summed E-state index contributed by atoms with van der Waals surface area (Å²) in [6, 6.07) is 4.02. The van der Waals surface area contributed by atoms with E-state index in [0.29, 0.717) is 17.9 Å². The molecule has 0 bridgehead atoms. The Kier molecular flexibility index (Phi) is 7.23. The van der Waals surface area contributed by atoms with Crippen LogP contribution in [-0.2, 0) is 16.1 Å². The Bertz CT molecular complexity index is 723. The van der Waals surface area contributed by atoms with E-state index in [1.54, 1.807) is 17.2 Å². The third-order valence-corrected chi connectivity index (χ3v) is 5.09. The highest BCUT2D eigenvalue weighted by atomic mass is 79.9. The molecular weight excluding hydrogens is 408 g/mol. The van der Waals surface area contributed by atoms with Crippen LogP contribution in [0.3, 0.4) is 0 Å². The number of alkyl halides is 3. The van der Waals surface area contributed by atoms with Crippen molar-refractivity contribution in [3.63, 3.8) is 0 Å². The van der Waals surface area contributed by atoms with Gasteiger partial charge in [0.1, 0.15) is 12.4 Å². The van der Waals surface area contributed by atoms with Gasteiger partial charge in [0.25, 0.3) is 6.43 Å². The van der Waals surface area contributed by atoms with Crippen molar-refractivity contribution in [1.82, 2.24) is 9.88 Å². The smallest absolute Gasteiger partial charge is 0.272 e. The Morgan fingerprint density at radius 1 is 1.50 bits per heavy atom. The van der Waals surface area contributed by atoms with E-state index in [-0.39, 0.29) is 17.4 Å². The summed E-state index contributed by atoms with van der Waals surface area (Å²) >= 11 is 3.52. The van der Waals surface area contributed by atoms with Gasteiger partial charge in [-0.25, -0.2) is 8.78 Å². The summed E-state index contributed by atoms with van der Waals surface area (Å²) in [5.74, 6) is 0.539. The number of allylic oxidation sites excluding steroid dienone is 1. The first-order valence-corrected chi connectivity index (χ1v) is 9.06. The molecule has 0 spiro atoms. The molecule has 5 nitrogen and oxygen atoms in total. The molecule has 0 saturated carbocycles. The van der Waals surface area contributed by atoms with Crippen molar-refractivity contribution in [2.45, 2.75) is 30.7 Å². The molecule has 2 atom stereocenters. The van der Waals surface area contributed by atoms with Crippen LogP contribution in [0.5, 0.6) is 0 Å². The summed E-state index contributed by atoms with van der Waals surface area (Å²) in [5.41, 5.74) is 3.29. The lowest BCUT2D eigenvalue weighted by atomic mass is 9.93. The molecule has 2 rings (SSSR count). The number of halogens is 3. The van der Waals surface area contributed by atoms with E-state index < -0.39 is 13.0 Å². The normalized spacial score (nSPS) is 19.8. The predicted molar refractivity (Wildman–Crippen MR) is 98.9 cm³/mol. The van der Waals surface area contributed by atoms with Crippen molar-refractivity contribution < 1.29 is 18.3 Å². The summed E-state index contributed by atoms with van der Waals surface area (Å²) in [7, 11) is 3.68. The minimum Gasteiger partial charge on any atom is -0.491 e. The van der Waals surface area contributed by atoms with E-state index in [0.717, 1.165) is 17.0 Å². The fourth-order valence-corrected chi connectivity index (χ4v) is 3.24. The first-order chi connectivity index (χ1) is 12.3. The average Bonchev–Trinajstić information content (AvgIpc) is 2.98. The molecule has 0 aliphatic heterocycles. The van der Waals surface area contributed by atoms with Gasteiger partial charge in [0, 0.05) is 37.6 Å². The Labute approximate surface area is 160 Å². The van der Waals surface area contributed by atoms with Crippen LogP contribution in [-0.4, -0.2) is 48.4 Å². The van der Waals surface area contributed by atoms with Gasteiger partial charge in [0.2, 0.25) is 0 Å². The zero-order valence-corrected chi connectivity index (χ0v) is 16.5. The summed E-state index contributed by atoms with van der Waals surface area (Å²) < 4.78 is 35.6. The second kappa shape index (κ2) is 9.19. The number of fused-ring (bicyclic) bond motifs is 1. The highest BCUT2D eigenvalue weighted by Gasteiger charge is 2.30. The van der Waals surface area contributed by atoms with Gasteiger partial charge in [-0.3, -0.25) is 0 Å². The number of nitriles is 1. The van der Waals surface area contributed by atoms with Gasteiger partial charge in [0.15, 0.2) is 0 Å². The maximum absolute atomic E-state index is 12.4. The number of hydrogen-bond donors (Lipinski definition) is 1. The highest BCUT2D eigenvalue weighted by Crippen LogP contribution is 2.38. The Morgan fingerprint density at radius 3 is 2.85 bits per heavy atom. The lowest BCUT2D eigenvalue weighted by Gasteiger charge is -2.25. The van der Waals surface area contributed by atoms with Crippen LogP contribution >= 0.6 is 15.9 Å². The number of rotatable bonds is 8. The summed E-state index contributed by atoms with van der Waals surface area (Å²) in [4.78, 5) is 4.93. The van der Waals surface area contributed by atoms with Crippen molar-refractivity contribution >= 4 is 22.0 Å². The zero-order chi connectivity index (χ0) is 19.3. The molecule has 142 valence electrons. The second-order valence-electron chi connectivity index (χ2n) is 6.33. The minimum absolute atomic E-state index is 0.0414. The van der Waals surface area contributed by atoms with Crippen LogP contribution in [0.2, 0.25) is 0 Å².